The summed E-state index contributed by atoms with van der Waals surface area (Å²) in [5.41, 5.74) is 6.25. The number of thiocarbonyl (C=S) groups is 1. The Morgan fingerprint density at radius 1 is 1.37 bits per heavy atom. The highest BCUT2D eigenvalue weighted by Crippen LogP contribution is 2.26. The van der Waals surface area contributed by atoms with Crippen LogP contribution in [-0.4, -0.2) is 51.4 Å². The van der Waals surface area contributed by atoms with Gasteiger partial charge in [-0.05, 0) is 6.42 Å². The van der Waals surface area contributed by atoms with E-state index < -0.39 is 0 Å². The lowest BCUT2D eigenvalue weighted by Gasteiger charge is -2.38. The van der Waals surface area contributed by atoms with Crippen molar-refractivity contribution >= 4 is 28.9 Å². The highest BCUT2D eigenvalue weighted by Gasteiger charge is 2.36. The zero-order valence-corrected chi connectivity index (χ0v) is 11.3. The molecule has 0 aliphatic carbocycles. The van der Waals surface area contributed by atoms with Crippen LogP contribution in [0.15, 0.2) is 12.4 Å². The summed E-state index contributed by atoms with van der Waals surface area (Å²) in [6.07, 6.45) is 4.80. The summed E-state index contributed by atoms with van der Waals surface area (Å²) in [5, 5.41) is 0. The molecule has 2 fully saturated rings. The largest absolute Gasteiger partial charge is 0.388 e. The number of anilines is 1. The molecule has 0 bridgehead atoms. The van der Waals surface area contributed by atoms with Crippen molar-refractivity contribution < 1.29 is 4.79 Å². The topological polar surface area (TPSA) is 75.3 Å². The molecule has 19 heavy (non-hydrogen) atoms. The van der Waals surface area contributed by atoms with Gasteiger partial charge in [-0.25, -0.2) is 9.97 Å². The zero-order chi connectivity index (χ0) is 13.4. The second-order valence-electron chi connectivity index (χ2n) is 4.82. The molecular weight excluding hydrogens is 262 g/mol. The van der Waals surface area contributed by atoms with Crippen molar-refractivity contribution in [3.8, 4) is 0 Å². The number of nitrogens with zero attached hydrogens (tertiary/aromatic N) is 4. The second kappa shape index (κ2) is 4.73. The smallest absolute Gasteiger partial charge is 0.223 e. The number of fused-ring (bicyclic) bond motifs is 1. The first-order chi connectivity index (χ1) is 9.16. The van der Waals surface area contributed by atoms with Crippen molar-refractivity contribution in [1.82, 2.24) is 14.9 Å². The minimum Gasteiger partial charge on any atom is -0.388 e. The Balaban J connectivity index is 1.85. The number of nitrogens with two attached hydrogens (primary N) is 1. The zero-order valence-electron chi connectivity index (χ0n) is 10.5. The van der Waals surface area contributed by atoms with E-state index in [1.54, 1.807) is 12.4 Å². The van der Waals surface area contributed by atoms with E-state index >= 15 is 0 Å². The molecule has 0 saturated carbocycles. The first-order valence-corrected chi connectivity index (χ1v) is 6.73. The third kappa shape index (κ3) is 2.14. The van der Waals surface area contributed by atoms with Crippen molar-refractivity contribution in [3.05, 3.63) is 18.1 Å². The maximum atomic E-state index is 11.7. The van der Waals surface area contributed by atoms with Crippen LogP contribution in [0.4, 0.5) is 5.82 Å². The van der Waals surface area contributed by atoms with Crippen LogP contribution in [0.5, 0.6) is 0 Å². The van der Waals surface area contributed by atoms with Crippen LogP contribution >= 0.6 is 12.2 Å². The number of aromatic nitrogens is 2. The Labute approximate surface area is 116 Å². The molecule has 1 aromatic rings. The minimum absolute atomic E-state index is 0.257. The van der Waals surface area contributed by atoms with Crippen LogP contribution < -0.4 is 10.6 Å². The third-order valence-corrected chi connectivity index (χ3v) is 3.90. The lowest BCUT2D eigenvalue weighted by Crippen LogP contribution is -2.52. The van der Waals surface area contributed by atoms with Gasteiger partial charge in [-0.1, -0.05) is 12.2 Å². The summed E-state index contributed by atoms with van der Waals surface area (Å²) in [5.74, 6) is 0.993. The molecule has 6 nitrogen and oxygen atoms in total. The average molecular weight is 277 g/mol. The fraction of sp³-hybridized carbons (Fsp3) is 0.500. The number of carbonyl (C=O) groups is 1. The Bertz CT molecular complexity index is 535. The van der Waals surface area contributed by atoms with Gasteiger partial charge in [-0.3, -0.25) is 4.79 Å². The number of carbonyl (C=O) groups excluding carboxylic acids is 1. The molecule has 3 rings (SSSR count). The summed E-state index contributed by atoms with van der Waals surface area (Å²) in [6, 6.07) is 0.280. The fourth-order valence-electron chi connectivity index (χ4n) is 2.79. The fourth-order valence-corrected chi connectivity index (χ4v) is 2.94. The number of rotatable bonds is 2. The summed E-state index contributed by atoms with van der Waals surface area (Å²) >= 11 is 5.02. The van der Waals surface area contributed by atoms with Gasteiger partial charge in [0, 0.05) is 44.5 Å². The average Bonchev–Trinajstić information content (AvgIpc) is 2.80. The highest BCUT2D eigenvalue weighted by atomic mass is 32.1. The molecule has 1 atom stereocenters. The molecule has 100 valence electrons. The van der Waals surface area contributed by atoms with Gasteiger partial charge < -0.3 is 15.5 Å². The summed E-state index contributed by atoms with van der Waals surface area (Å²) in [7, 11) is 0. The Morgan fingerprint density at radius 2 is 2.16 bits per heavy atom. The van der Waals surface area contributed by atoms with Crippen LogP contribution in [0.3, 0.4) is 0 Å². The van der Waals surface area contributed by atoms with E-state index in [0.717, 1.165) is 31.9 Å². The monoisotopic (exact) mass is 277 g/mol. The van der Waals surface area contributed by atoms with Gasteiger partial charge in [-0.2, -0.15) is 0 Å². The molecule has 0 radical (unpaired) electrons. The van der Waals surface area contributed by atoms with Crippen molar-refractivity contribution in [2.75, 3.05) is 24.5 Å². The molecule has 0 spiro atoms. The molecule has 0 aromatic carbocycles. The predicted molar refractivity (Wildman–Crippen MR) is 74.9 cm³/mol. The van der Waals surface area contributed by atoms with E-state index in [-0.39, 0.29) is 16.9 Å². The van der Waals surface area contributed by atoms with Gasteiger partial charge in [0.2, 0.25) is 5.91 Å². The maximum Gasteiger partial charge on any atom is 0.223 e. The van der Waals surface area contributed by atoms with E-state index in [1.807, 2.05) is 4.90 Å². The van der Waals surface area contributed by atoms with Gasteiger partial charge in [0.1, 0.15) is 10.7 Å². The first-order valence-electron chi connectivity index (χ1n) is 6.32. The molecule has 2 saturated heterocycles. The quantitative estimate of drug-likeness (QED) is 0.762. The molecular formula is C12H15N5OS. The molecule has 7 heteroatoms. The lowest BCUT2D eigenvalue weighted by molar-refractivity contribution is -0.129. The molecule has 2 aliphatic heterocycles. The SMILES string of the molecule is NC(=S)c1nccnc1N1CCN2C(=O)CCC2C1. The number of hydrogen-bond donors (Lipinski definition) is 1. The first kappa shape index (κ1) is 12.3. The second-order valence-corrected chi connectivity index (χ2v) is 5.26. The van der Waals surface area contributed by atoms with Gasteiger partial charge in [0.25, 0.3) is 0 Å². The Kier molecular flexibility index (Phi) is 3.06. The van der Waals surface area contributed by atoms with E-state index in [2.05, 4.69) is 14.9 Å². The van der Waals surface area contributed by atoms with Gasteiger partial charge in [0.15, 0.2) is 5.82 Å². The van der Waals surface area contributed by atoms with Gasteiger partial charge in [0.05, 0.1) is 0 Å². The lowest BCUT2D eigenvalue weighted by atomic mass is 10.1. The van der Waals surface area contributed by atoms with E-state index in [4.69, 9.17) is 18.0 Å². The standard InChI is InChI=1S/C12H15N5OS/c13-11(19)10-12(15-4-3-14-10)16-5-6-17-8(7-16)1-2-9(17)18/h3-4,8H,1-2,5-7H2,(H2,13,19). The number of amides is 1. The van der Waals surface area contributed by atoms with Crippen LogP contribution in [-0.2, 0) is 4.79 Å². The predicted octanol–water partition coefficient (Wildman–Crippen LogP) is -0.0782. The Morgan fingerprint density at radius 3 is 2.95 bits per heavy atom. The van der Waals surface area contributed by atoms with Gasteiger partial charge in [-0.15, -0.1) is 0 Å². The molecule has 3 heterocycles. The number of piperazine rings is 1. The van der Waals surface area contributed by atoms with Crippen LogP contribution in [0.2, 0.25) is 0 Å². The van der Waals surface area contributed by atoms with E-state index in [0.29, 0.717) is 12.1 Å². The molecule has 2 N–H and O–H groups in total. The van der Waals surface area contributed by atoms with E-state index in [1.165, 1.54) is 0 Å². The van der Waals surface area contributed by atoms with Crippen molar-refractivity contribution in [2.45, 2.75) is 18.9 Å². The minimum atomic E-state index is 0.257. The normalized spacial score (nSPS) is 22.5. The molecule has 2 aliphatic rings. The maximum absolute atomic E-state index is 11.7. The molecule has 1 aromatic heterocycles. The van der Waals surface area contributed by atoms with Crippen molar-refractivity contribution in [2.24, 2.45) is 5.73 Å². The van der Waals surface area contributed by atoms with Crippen molar-refractivity contribution in [1.29, 1.82) is 0 Å². The van der Waals surface area contributed by atoms with Crippen LogP contribution in [0, 0.1) is 0 Å². The van der Waals surface area contributed by atoms with Gasteiger partial charge >= 0.3 is 0 Å². The molecule has 1 amide bonds. The third-order valence-electron chi connectivity index (χ3n) is 3.71. The van der Waals surface area contributed by atoms with Crippen LogP contribution in [0.25, 0.3) is 0 Å². The highest BCUT2D eigenvalue weighted by molar-refractivity contribution is 7.80. The van der Waals surface area contributed by atoms with Crippen LogP contribution in [0.1, 0.15) is 18.5 Å². The summed E-state index contributed by atoms with van der Waals surface area (Å²) in [6.45, 7) is 2.26. The summed E-state index contributed by atoms with van der Waals surface area (Å²) < 4.78 is 0. The number of hydrogen-bond acceptors (Lipinski definition) is 5. The Hall–Kier alpha value is -1.76. The molecule has 1 unspecified atom stereocenters. The summed E-state index contributed by atoms with van der Waals surface area (Å²) in [4.78, 5) is 24.6. The van der Waals surface area contributed by atoms with Crippen molar-refractivity contribution in [3.63, 3.8) is 0 Å². The van der Waals surface area contributed by atoms with E-state index in [9.17, 15) is 4.79 Å².